The predicted molar refractivity (Wildman–Crippen MR) is 69.4 cm³/mol. The Bertz CT molecular complexity index is 394. The van der Waals surface area contributed by atoms with Crippen molar-refractivity contribution in [3.05, 3.63) is 23.0 Å². The van der Waals surface area contributed by atoms with Crippen molar-refractivity contribution >= 4 is 5.91 Å². The molecule has 0 aromatic carbocycles. The normalized spacial score (nSPS) is 10.4. The Balaban J connectivity index is 2.34. The third kappa shape index (κ3) is 4.79. The van der Waals surface area contributed by atoms with Gasteiger partial charge in [0.1, 0.15) is 0 Å². The summed E-state index contributed by atoms with van der Waals surface area (Å²) in [6, 6.07) is 1.75. The van der Waals surface area contributed by atoms with Gasteiger partial charge in [0.15, 0.2) is 0 Å². The van der Waals surface area contributed by atoms with E-state index in [-0.39, 0.29) is 12.5 Å². The molecule has 0 saturated carbocycles. The minimum absolute atomic E-state index is 0.0901. The molecular weight excluding hydrogens is 230 g/mol. The van der Waals surface area contributed by atoms with Crippen LogP contribution >= 0.6 is 0 Å². The molecule has 1 amide bonds. The van der Waals surface area contributed by atoms with Crippen LogP contribution in [0.15, 0.2) is 6.07 Å². The number of aromatic nitrogens is 2. The first-order chi connectivity index (χ1) is 8.65. The zero-order valence-corrected chi connectivity index (χ0v) is 11.1. The molecule has 2 N–H and O–H groups in total. The van der Waals surface area contributed by atoms with Gasteiger partial charge in [-0.25, -0.2) is 0 Å². The highest BCUT2D eigenvalue weighted by Gasteiger charge is 2.09. The second-order valence-electron chi connectivity index (χ2n) is 4.38. The van der Waals surface area contributed by atoms with Crippen LogP contribution in [0.25, 0.3) is 0 Å². The molecule has 1 rings (SSSR count). The maximum Gasteiger partial charge on any atom is 0.253 e. The molecule has 0 unspecified atom stereocenters. The molecule has 5 nitrogen and oxygen atoms in total. The van der Waals surface area contributed by atoms with Crippen molar-refractivity contribution in [2.45, 2.75) is 39.5 Å². The maximum atomic E-state index is 11.9. The summed E-state index contributed by atoms with van der Waals surface area (Å²) < 4.78 is 0. The lowest BCUT2D eigenvalue weighted by molar-refractivity contribution is 0.0951. The fourth-order valence-corrected chi connectivity index (χ4v) is 1.67. The third-order valence-electron chi connectivity index (χ3n) is 2.72. The molecule has 0 aliphatic rings. The second-order valence-corrected chi connectivity index (χ2v) is 4.38. The van der Waals surface area contributed by atoms with E-state index in [9.17, 15) is 4.79 Å². The van der Waals surface area contributed by atoms with Crippen molar-refractivity contribution < 1.29 is 9.90 Å². The molecule has 100 valence electrons. The standard InChI is InChI=1S/C13H21N3O2/c1-10-9-12(11(2)16-15-10)13(18)14-7-5-3-4-6-8-17/h9,17H,3-8H2,1-2H3,(H,14,18). The van der Waals surface area contributed by atoms with E-state index in [2.05, 4.69) is 15.5 Å². The van der Waals surface area contributed by atoms with Gasteiger partial charge in [-0.2, -0.15) is 10.2 Å². The summed E-state index contributed by atoms with van der Waals surface area (Å²) in [7, 11) is 0. The Morgan fingerprint density at radius 1 is 1.22 bits per heavy atom. The van der Waals surface area contributed by atoms with Crippen LogP contribution in [0.1, 0.15) is 47.4 Å². The van der Waals surface area contributed by atoms with Gasteiger partial charge in [0, 0.05) is 13.2 Å². The predicted octanol–water partition coefficient (Wildman–Crippen LogP) is 1.38. The topological polar surface area (TPSA) is 75.1 Å². The lowest BCUT2D eigenvalue weighted by Crippen LogP contribution is -2.25. The number of aliphatic hydroxyl groups excluding tert-OH is 1. The van der Waals surface area contributed by atoms with Crippen molar-refractivity contribution in [2.24, 2.45) is 0 Å². The summed E-state index contributed by atoms with van der Waals surface area (Å²) in [5, 5.41) is 19.3. The number of aryl methyl sites for hydroxylation is 2. The van der Waals surface area contributed by atoms with Crippen LogP contribution in [0.2, 0.25) is 0 Å². The van der Waals surface area contributed by atoms with Crippen LogP contribution in [0.5, 0.6) is 0 Å². The Kier molecular flexibility index (Phi) is 6.28. The fourth-order valence-electron chi connectivity index (χ4n) is 1.67. The first-order valence-electron chi connectivity index (χ1n) is 6.35. The Morgan fingerprint density at radius 2 is 1.94 bits per heavy atom. The number of rotatable bonds is 7. The number of aliphatic hydroxyl groups is 1. The van der Waals surface area contributed by atoms with Gasteiger partial charge in [-0.15, -0.1) is 0 Å². The van der Waals surface area contributed by atoms with Crippen LogP contribution in [0, 0.1) is 13.8 Å². The average molecular weight is 251 g/mol. The number of nitrogens with one attached hydrogen (secondary N) is 1. The van der Waals surface area contributed by atoms with E-state index >= 15 is 0 Å². The number of unbranched alkanes of at least 4 members (excludes halogenated alkanes) is 3. The van der Waals surface area contributed by atoms with Crippen LogP contribution in [-0.2, 0) is 0 Å². The molecule has 0 aliphatic carbocycles. The van der Waals surface area contributed by atoms with E-state index in [0.29, 0.717) is 17.8 Å². The smallest absolute Gasteiger partial charge is 0.253 e. The highest BCUT2D eigenvalue weighted by Crippen LogP contribution is 2.05. The molecule has 18 heavy (non-hydrogen) atoms. The number of nitrogens with zero attached hydrogens (tertiary/aromatic N) is 2. The van der Waals surface area contributed by atoms with Gasteiger partial charge in [0.25, 0.3) is 5.91 Å². The lowest BCUT2D eigenvalue weighted by atomic mass is 10.1. The molecule has 1 aromatic rings. The summed E-state index contributed by atoms with van der Waals surface area (Å²) in [5.74, 6) is -0.0901. The Hall–Kier alpha value is -1.49. The van der Waals surface area contributed by atoms with E-state index in [1.165, 1.54) is 0 Å². The molecule has 0 spiro atoms. The molecule has 1 aromatic heterocycles. The molecule has 0 bridgehead atoms. The van der Waals surface area contributed by atoms with Crippen molar-refractivity contribution in [3.8, 4) is 0 Å². The van der Waals surface area contributed by atoms with E-state index in [0.717, 1.165) is 31.4 Å². The fraction of sp³-hybridized carbons (Fsp3) is 0.615. The summed E-state index contributed by atoms with van der Waals surface area (Å²) in [6.07, 6.45) is 3.79. The molecule has 0 atom stereocenters. The molecule has 0 saturated heterocycles. The monoisotopic (exact) mass is 251 g/mol. The van der Waals surface area contributed by atoms with Crippen LogP contribution < -0.4 is 5.32 Å². The molecule has 5 heteroatoms. The minimum atomic E-state index is -0.0901. The van der Waals surface area contributed by atoms with E-state index in [1.54, 1.807) is 13.0 Å². The second kappa shape index (κ2) is 7.76. The maximum absolute atomic E-state index is 11.9. The van der Waals surface area contributed by atoms with E-state index in [1.807, 2.05) is 6.92 Å². The first kappa shape index (κ1) is 14.6. The molecular formula is C13H21N3O2. The molecule has 0 fully saturated rings. The van der Waals surface area contributed by atoms with Gasteiger partial charge in [0.05, 0.1) is 17.0 Å². The van der Waals surface area contributed by atoms with Crippen molar-refractivity contribution in [1.29, 1.82) is 0 Å². The van der Waals surface area contributed by atoms with Crippen molar-refractivity contribution in [2.75, 3.05) is 13.2 Å². The largest absolute Gasteiger partial charge is 0.396 e. The van der Waals surface area contributed by atoms with Crippen molar-refractivity contribution in [1.82, 2.24) is 15.5 Å². The van der Waals surface area contributed by atoms with Crippen LogP contribution in [0.3, 0.4) is 0 Å². The molecule has 1 heterocycles. The lowest BCUT2D eigenvalue weighted by Gasteiger charge is -2.07. The Labute approximate surface area is 108 Å². The quantitative estimate of drug-likeness (QED) is 0.718. The van der Waals surface area contributed by atoms with Crippen LogP contribution in [0.4, 0.5) is 0 Å². The minimum Gasteiger partial charge on any atom is -0.396 e. The number of hydrogen-bond donors (Lipinski definition) is 2. The number of carbonyl (C=O) groups is 1. The highest BCUT2D eigenvalue weighted by atomic mass is 16.2. The van der Waals surface area contributed by atoms with Crippen molar-refractivity contribution in [3.63, 3.8) is 0 Å². The number of hydrogen-bond acceptors (Lipinski definition) is 4. The zero-order valence-electron chi connectivity index (χ0n) is 11.1. The summed E-state index contributed by atoms with van der Waals surface area (Å²) >= 11 is 0. The average Bonchev–Trinajstić information content (AvgIpc) is 2.36. The Morgan fingerprint density at radius 3 is 2.67 bits per heavy atom. The van der Waals surface area contributed by atoms with Gasteiger partial charge < -0.3 is 10.4 Å². The highest BCUT2D eigenvalue weighted by molar-refractivity contribution is 5.95. The summed E-state index contributed by atoms with van der Waals surface area (Å²) in [4.78, 5) is 11.9. The zero-order chi connectivity index (χ0) is 13.4. The van der Waals surface area contributed by atoms with Gasteiger partial charge in [-0.05, 0) is 32.8 Å². The molecule has 0 radical (unpaired) electrons. The first-order valence-corrected chi connectivity index (χ1v) is 6.35. The van der Waals surface area contributed by atoms with Gasteiger partial charge in [0.2, 0.25) is 0 Å². The van der Waals surface area contributed by atoms with E-state index in [4.69, 9.17) is 5.11 Å². The van der Waals surface area contributed by atoms with E-state index < -0.39 is 0 Å². The molecule has 0 aliphatic heterocycles. The SMILES string of the molecule is Cc1cc(C(=O)NCCCCCCO)c(C)nn1. The summed E-state index contributed by atoms with van der Waals surface area (Å²) in [5.41, 5.74) is 1.99. The summed E-state index contributed by atoms with van der Waals surface area (Å²) in [6.45, 7) is 4.50. The van der Waals surface area contributed by atoms with Gasteiger partial charge >= 0.3 is 0 Å². The number of carbonyl (C=O) groups excluding carboxylic acids is 1. The number of amides is 1. The van der Waals surface area contributed by atoms with Gasteiger partial charge in [-0.3, -0.25) is 4.79 Å². The third-order valence-corrected chi connectivity index (χ3v) is 2.72. The van der Waals surface area contributed by atoms with Crippen LogP contribution in [-0.4, -0.2) is 34.4 Å². The van der Waals surface area contributed by atoms with Gasteiger partial charge in [-0.1, -0.05) is 12.8 Å².